The van der Waals surface area contributed by atoms with Crippen molar-refractivity contribution in [1.29, 1.82) is 0 Å². The first-order valence-corrected chi connectivity index (χ1v) is 6.08. The second kappa shape index (κ2) is 11.7. The summed E-state index contributed by atoms with van der Waals surface area (Å²) in [4.78, 5) is 0. The van der Waals surface area contributed by atoms with Crippen LogP contribution in [-0.4, -0.2) is 38.0 Å². The first kappa shape index (κ1) is 16.5. The van der Waals surface area contributed by atoms with Gasteiger partial charge in [-0.15, -0.1) is 14.9 Å². The van der Waals surface area contributed by atoms with Crippen molar-refractivity contribution in [1.82, 2.24) is 0 Å². The van der Waals surface area contributed by atoms with Crippen LogP contribution in [0.2, 0.25) is 13.1 Å². The van der Waals surface area contributed by atoms with Gasteiger partial charge in [0.05, 0.1) is 0 Å². The van der Waals surface area contributed by atoms with Gasteiger partial charge in [-0.05, 0) is 0 Å². The van der Waals surface area contributed by atoms with Crippen LogP contribution in [-0.2, 0) is 0 Å². The second-order valence-electron chi connectivity index (χ2n) is 2.44. The molecule has 52 valence electrons. The van der Waals surface area contributed by atoms with Crippen molar-refractivity contribution in [3.8, 4) is 0 Å². The Morgan fingerprint density at radius 3 is 1.33 bits per heavy atom. The summed E-state index contributed by atoms with van der Waals surface area (Å²) in [6, 6.07) is 0. The summed E-state index contributed by atoms with van der Waals surface area (Å²) >= 11 is 0. The molecule has 0 aliphatic rings. The Hall–Kier alpha value is 0.943. The topological polar surface area (TPSA) is 23.1 Å². The van der Waals surface area contributed by atoms with Crippen LogP contribution in [0.3, 0.4) is 0 Å². The number of rotatable bonds is 0. The summed E-state index contributed by atoms with van der Waals surface area (Å²) in [5, 5.41) is 9.53. The van der Waals surface area contributed by atoms with Gasteiger partial charge in [0.1, 0.15) is 0 Å². The smallest absolute Gasteiger partial charge is 0.852 e. The van der Waals surface area contributed by atoms with E-state index in [1.165, 1.54) is 0 Å². The molecule has 0 N–H and O–H groups in total. The molecule has 0 aromatic heterocycles. The van der Waals surface area contributed by atoms with E-state index in [4.69, 9.17) is 0 Å². The molecular weight excluding hydrogens is 140 g/mol. The van der Waals surface area contributed by atoms with Crippen molar-refractivity contribution in [2.24, 2.45) is 0 Å². The molecule has 0 unspecified atom stereocenters. The summed E-state index contributed by atoms with van der Waals surface area (Å²) in [5.74, 6) is 0. The minimum absolute atomic E-state index is 0. The molecular formula is C6H16MgOSi. The Morgan fingerprint density at radius 2 is 1.33 bits per heavy atom. The maximum absolute atomic E-state index is 9.53. The van der Waals surface area contributed by atoms with Crippen molar-refractivity contribution < 1.29 is 5.11 Å². The van der Waals surface area contributed by atoms with Gasteiger partial charge in [-0.25, -0.2) is 0 Å². The molecule has 0 aliphatic carbocycles. The molecule has 3 heteroatoms. The Balaban J connectivity index is -0.0000000720. The summed E-state index contributed by atoms with van der Waals surface area (Å²) in [5.41, 5.74) is 0. The van der Waals surface area contributed by atoms with Crippen LogP contribution in [0.5, 0.6) is 0 Å². The van der Waals surface area contributed by atoms with Gasteiger partial charge in [0.25, 0.3) is 0 Å². The fourth-order valence-corrected chi connectivity index (χ4v) is 0. The third-order valence-electron chi connectivity index (χ3n) is 0. The summed E-state index contributed by atoms with van der Waals surface area (Å²) < 4.78 is 0. The van der Waals surface area contributed by atoms with Crippen molar-refractivity contribution >= 4 is 31.8 Å². The standard InChI is InChI=1S/C3H7O.C3H9Si.Mg/c1-3(2)4;1-4(2)3;/h3H,1-2H3;4H,1H2,2-3H3;/q2*-1;+2. The average molecular weight is 157 g/mol. The van der Waals surface area contributed by atoms with E-state index >= 15 is 0 Å². The van der Waals surface area contributed by atoms with Crippen LogP contribution in [0.15, 0.2) is 0 Å². The molecule has 0 atom stereocenters. The Kier molecular flexibility index (Phi) is 21.5. The van der Waals surface area contributed by atoms with Gasteiger partial charge < -0.3 is 11.7 Å². The maximum atomic E-state index is 9.53. The van der Waals surface area contributed by atoms with E-state index in [0.29, 0.717) is 0 Å². The van der Waals surface area contributed by atoms with E-state index in [1.54, 1.807) is 13.8 Å². The van der Waals surface area contributed by atoms with Crippen LogP contribution in [0, 0.1) is 6.55 Å². The molecule has 0 bridgehead atoms. The fraction of sp³-hybridized carbons (Fsp3) is 0.833. The molecule has 9 heavy (non-hydrogen) atoms. The molecule has 0 heterocycles. The Morgan fingerprint density at radius 1 is 1.33 bits per heavy atom. The third kappa shape index (κ3) is 485. The Bertz CT molecular complexity index is 28.5. The third-order valence-corrected chi connectivity index (χ3v) is 0. The summed E-state index contributed by atoms with van der Waals surface area (Å²) in [6.07, 6.45) is -0.417. The van der Waals surface area contributed by atoms with Gasteiger partial charge in [0.2, 0.25) is 0 Å². The monoisotopic (exact) mass is 156 g/mol. The number of hydrogen-bond donors (Lipinski definition) is 0. The van der Waals surface area contributed by atoms with E-state index in [9.17, 15) is 5.11 Å². The van der Waals surface area contributed by atoms with E-state index in [2.05, 4.69) is 19.6 Å². The molecule has 0 saturated heterocycles. The minimum Gasteiger partial charge on any atom is -0.852 e. The van der Waals surface area contributed by atoms with Crippen LogP contribution in [0.4, 0.5) is 0 Å². The zero-order valence-corrected chi connectivity index (χ0v) is 9.55. The van der Waals surface area contributed by atoms with Crippen molar-refractivity contribution in [3.63, 3.8) is 0 Å². The average Bonchev–Trinajstić information content (AvgIpc) is 1.25. The molecule has 0 aromatic carbocycles. The first-order chi connectivity index (χ1) is 3.46. The molecule has 0 aromatic rings. The van der Waals surface area contributed by atoms with E-state index in [1.807, 2.05) is 0 Å². The fourth-order valence-electron chi connectivity index (χ4n) is 0. The molecule has 0 fully saturated rings. The predicted molar refractivity (Wildman–Crippen MR) is 45.1 cm³/mol. The Labute approximate surface area is 76.6 Å². The SMILES string of the molecule is CC(C)[O-].[CH2-][SiH](C)C.[Mg+2]. The van der Waals surface area contributed by atoms with E-state index < -0.39 is 6.10 Å². The van der Waals surface area contributed by atoms with Crippen molar-refractivity contribution in [2.75, 3.05) is 0 Å². The first-order valence-electron chi connectivity index (χ1n) is 2.95. The van der Waals surface area contributed by atoms with Gasteiger partial charge in [-0.3, -0.25) is 0 Å². The second-order valence-corrected chi connectivity index (χ2v) is 5.23. The molecule has 0 aliphatic heterocycles. The molecule has 0 spiro atoms. The van der Waals surface area contributed by atoms with Crippen molar-refractivity contribution in [3.05, 3.63) is 6.55 Å². The molecule has 0 saturated carbocycles. The molecule has 1 nitrogen and oxygen atoms in total. The predicted octanol–water partition coefficient (Wildman–Crippen LogP) is 0.221. The largest absolute Gasteiger partial charge is 2.00 e. The van der Waals surface area contributed by atoms with Gasteiger partial charge in [-0.2, -0.15) is 0 Å². The molecule has 0 amide bonds. The minimum atomic E-state index is -0.417. The van der Waals surface area contributed by atoms with Crippen LogP contribution in [0.25, 0.3) is 0 Å². The molecule has 0 rings (SSSR count). The van der Waals surface area contributed by atoms with Crippen LogP contribution < -0.4 is 5.11 Å². The van der Waals surface area contributed by atoms with E-state index in [0.717, 1.165) is 0 Å². The van der Waals surface area contributed by atoms with Gasteiger partial charge in [-0.1, -0.05) is 26.9 Å². The van der Waals surface area contributed by atoms with Gasteiger partial charge in [0.15, 0.2) is 0 Å². The van der Waals surface area contributed by atoms with Crippen LogP contribution in [0.1, 0.15) is 13.8 Å². The summed E-state index contributed by atoms with van der Waals surface area (Å²) in [6.45, 7) is 11.4. The summed E-state index contributed by atoms with van der Waals surface area (Å²) in [7, 11) is -0.389. The van der Waals surface area contributed by atoms with Crippen LogP contribution >= 0.6 is 0 Å². The van der Waals surface area contributed by atoms with Gasteiger partial charge >= 0.3 is 23.1 Å². The normalized spacial score (nSPS) is 8.00. The van der Waals surface area contributed by atoms with E-state index in [-0.39, 0.29) is 31.8 Å². The zero-order valence-electron chi connectivity index (χ0n) is 6.98. The number of hydrogen-bond acceptors (Lipinski definition) is 1. The maximum Gasteiger partial charge on any atom is 2.00 e. The zero-order chi connectivity index (χ0) is 7.15. The van der Waals surface area contributed by atoms with Gasteiger partial charge in [0, 0.05) is 0 Å². The molecule has 0 radical (unpaired) electrons. The quantitative estimate of drug-likeness (QED) is 0.364. The van der Waals surface area contributed by atoms with Crippen molar-refractivity contribution in [2.45, 2.75) is 33.0 Å².